The molecule has 9 heavy (non-hydrogen) atoms. The first kappa shape index (κ1) is 9.13. The average Bonchev–Trinajstić information content (AvgIpc) is 1.59. The second kappa shape index (κ2) is 3.34. The Morgan fingerprint density at radius 3 is 2.33 bits per heavy atom. The van der Waals surface area contributed by atoms with Gasteiger partial charge in [0.25, 0.3) is 0 Å². The summed E-state index contributed by atoms with van der Waals surface area (Å²) in [5, 5.41) is 0. The molecule has 0 heterocycles. The van der Waals surface area contributed by atoms with Gasteiger partial charge in [-0.2, -0.15) is 0 Å². The van der Waals surface area contributed by atoms with E-state index in [-0.39, 0.29) is 6.54 Å². The molecule has 0 atom stereocenters. The second-order valence-corrected chi connectivity index (χ2v) is 4.57. The molecule has 0 aliphatic heterocycles. The molecular weight excluding hydrogens is 206 g/mol. The van der Waals surface area contributed by atoms with E-state index in [1.54, 1.807) is 0 Å². The Morgan fingerprint density at radius 2 is 2.22 bits per heavy atom. The molecule has 0 spiro atoms. The lowest BCUT2D eigenvalue weighted by atomic mass is 10.7. The SMILES string of the molecule is C=C(Br)CNS(C)(=O)=O. The van der Waals surface area contributed by atoms with Crippen LogP contribution in [0.15, 0.2) is 11.1 Å². The van der Waals surface area contributed by atoms with Crippen LogP contribution in [-0.2, 0) is 10.0 Å². The molecule has 54 valence electrons. The minimum absolute atomic E-state index is 0.249. The van der Waals surface area contributed by atoms with Gasteiger partial charge in [-0.3, -0.25) is 0 Å². The third-order valence-corrected chi connectivity index (χ3v) is 1.48. The summed E-state index contributed by atoms with van der Waals surface area (Å²) in [4.78, 5) is 0. The van der Waals surface area contributed by atoms with Gasteiger partial charge in [0.05, 0.1) is 6.26 Å². The summed E-state index contributed by atoms with van der Waals surface area (Å²) in [7, 11) is -3.06. The van der Waals surface area contributed by atoms with Crippen molar-refractivity contribution >= 4 is 26.0 Å². The molecule has 0 aliphatic carbocycles. The summed E-state index contributed by atoms with van der Waals surface area (Å²) in [5.74, 6) is 0. The van der Waals surface area contributed by atoms with Gasteiger partial charge < -0.3 is 0 Å². The molecule has 5 heteroatoms. The predicted octanol–water partition coefficient (Wildman–Crippen LogP) is 0.444. The van der Waals surface area contributed by atoms with Crippen molar-refractivity contribution in [2.24, 2.45) is 0 Å². The largest absolute Gasteiger partial charge is 0.213 e. The van der Waals surface area contributed by atoms with E-state index in [9.17, 15) is 8.42 Å². The lowest BCUT2D eigenvalue weighted by molar-refractivity contribution is 0.591. The number of hydrogen-bond donors (Lipinski definition) is 1. The third kappa shape index (κ3) is 8.13. The van der Waals surface area contributed by atoms with Gasteiger partial charge in [-0.25, -0.2) is 13.1 Å². The standard InChI is InChI=1S/C4H8BrNO2S/c1-4(5)3-6-9(2,7)8/h6H,1,3H2,2H3. The molecule has 0 aliphatic rings. The quantitative estimate of drug-likeness (QED) is 0.741. The highest BCUT2D eigenvalue weighted by atomic mass is 79.9. The van der Waals surface area contributed by atoms with Crippen LogP contribution < -0.4 is 4.72 Å². The minimum Gasteiger partial charge on any atom is -0.213 e. The highest BCUT2D eigenvalue weighted by Gasteiger charge is 1.97. The van der Waals surface area contributed by atoms with Gasteiger partial charge in [0.15, 0.2) is 0 Å². The normalized spacial score (nSPS) is 11.3. The summed E-state index contributed by atoms with van der Waals surface area (Å²) >= 11 is 3.01. The molecule has 0 aromatic heterocycles. The first-order valence-corrected chi connectivity index (χ1v) is 4.88. The van der Waals surface area contributed by atoms with Gasteiger partial charge in [0, 0.05) is 11.0 Å². The molecule has 0 bridgehead atoms. The van der Waals surface area contributed by atoms with Gasteiger partial charge in [-0.1, -0.05) is 22.5 Å². The lowest BCUT2D eigenvalue weighted by Gasteiger charge is -1.97. The molecule has 3 nitrogen and oxygen atoms in total. The first-order chi connectivity index (χ1) is 3.92. The predicted molar refractivity (Wildman–Crippen MR) is 40.9 cm³/mol. The molecule has 0 radical (unpaired) electrons. The van der Waals surface area contributed by atoms with Crippen molar-refractivity contribution in [3.63, 3.8) is 0 Å². The molecule has 0 saturated carbocycles. The fraction of sp³-hybridized carbons (Fsp3) is 0.500. The van der Waals surface area contributed by atoms with Crippen molar-refractivity contribution < 1.29 is 8.42 Å². The molecule has 0 fully saturated rings. The van der Waals surface area contributed by atoms with Gasteiger partial charge in [-0.05, 0) is 0 Å². The number of sulfonamides is 1. The van der Waals surface area contributed by atoms with E-state index in [2.05, 4.69) is 27.2 Å². The van der Waals surface area contributed by atoms with E-state index in [1.165, 1.54) is 0 Å². The van der Waals surface area contributed by atoms with Gasteiger partial charge in [-0.15, -0.1) is 0 Å². The van der Waals surface area contributed by atoms with Crippen molar-refractivity contribution in [3.05, 3.63) is 11.1 Å². The highest BCUT2D eigenvalue weighted by molar-refractivity contribution is 9.11. The molecule has 0 aromatic carbocycles. The molecule has 0 aromatic rings. The Bertz CT molecular complexity index is 197. The molecule has 0 rings (SSSR count). The fourth-order valence-corrected chi connectivity index (χ4v) is 0.972. The molecule has 0 saturated heterocycles. The maximum absolute atomic E-state index is 10.4. The average molecular weight is 214 g/mol. The van der Waals surface area contributed by atoms with E-state index in [0.29, 0.717) is 4.48 Å². The van der Waals surface area contributed by atoms with E-state index in [0.717, 1.165) is 6.26 Å². The van der Waals surface area contributed by atoms with Gasteiger partial charge in [0.1, 0.15) is 0 Å². The Balaban J connectivity index is 3.67. The Kier molecular flexibility index (Phi) is 3.38. The summed E-state index contributed by atoms with van der Waals surface area (Å²) < 4.78 is 23.6. The van der Waals surface area contributed by atoms with Crippen molar-refractivity contribution in [1.82, 2.24) is 4.72 Å². The summed E-state index contributed by atoms with van der Waals surface area (Å²) in [6.45, 7) is 3.70. The Hall–Kier alpha value is 0.130. The van der Waals surface area contributed by atoms with Crippen LogP contribution >= 0.6 is 15.9 Å². The van der Waals surface area contributed by atoms with Crippen molar-refractivity contribution in [2.45, 2.75) is 0 Å². The van der Waals surface area contributed by atoms with E-state index in [4.69, 9.17) is 0 Å². The number of rotatable bonds is 3. The van der Waals surface area contributed by atoms with Crippen molar-refractivity contribution in [1.29, 1.82) is 0 Å². The minimum atomic E-state index is -3.06. The maximum Gasteiger partial charge on any atom is 0.209 e. The second-order valence-electron chi connectivity index (χ2n) is 1.61. The van der Waals surface area contributed by atoms with E-state index >= 15 is 0 Å². The van der Waals surface area contributed by atoms with Crippen LogP contribution in [-0.4, -0.2) is 21.2 Å². The van der Waals surface area contributed by atoms with Crippen molar-refractivity contribution in [3.8, 4) is 0 Å². The Morgan fingerprint density at radius 1 is 1.78 bits per heavy atom. The van der Waals surface area contributed by atoms with Crippen molar-refractivity contribution in [2.75, 3.05) is 12.8 Å². The van der Waals surface area contributed by atoms with Crippen LogP contribution in [0, 0.1) is 0 Å². The first-order valence-electron chi connectivity index (χ1n) is 2.20. The molecular formula is C4H8BrNO2S. The molecule has 0 unspecified atom stereocenters. The van der Waals surface area contributed by atoms with Crippen LogP contribution in [0.1, 0.15) is 0 Å². The summed E-state index contributed by atoms with van der Waals surface area (Å²) in [6, 6.07) is 0. The van der Waals surface area contributed by atoms with Gasteiger partial charge >= 0.3 is 0 Å². The van der Waals surface area contributed by atoms with Gasteiger partial charge in [0.2, 0.25) is 10.0 Å². The number of nitrogens with one attached hydrogen (secondary N) is 1. The third-order valence-electron chi connectivity index (χ3n) is 0.526. The lowest BCUT2D eigenvalue weighted by Crippen LogP contribution is -2.22. The Labute approximate surface area is 63.3 Å². The monoisotopic (exact) mass is 213 g/mol. The highest BCUT2D eigenvalue weighted by Crippen LogP contribution is 1.96. The summed E-state index contributed by atoms with van der Waals surface area (Å²) in [6.07, 6.45) is 1.10. The van der Waals surface area contributed by atoms with E-state index < -0.39 is 10.0 Å². The summed E-state index contributed by atoms with van der Waals surface area (Å²) in [5.41, 5.74) is 0. The zero-order valence-electron chi connectivity index (χ0n) is 5.02. The number of halogens is 1. The number of hydrogen-bond acceptors (Lipinski definition) is 2. The van der Waals surface area contributed by atoms with Crippen LogP contribution in [0.25, 0.3) is 0 Å². The van der Waals surface area contributed by atoms with Crippen LogP contribution in [0.2, 0.25) is 0 Å². The zero-order valence-corrected chi connectivity index (χ0v) is 7.42. The van der Waals surface area contributed by atoms with Crippen LogP contribution in [0.5, 0.6) is 0 Å². The molecule has 0 amide bonds. The van der Waals surface area contributed by atoms with Crippen LogP contribution in [0.4, 0.5) is 0 Å². The molecule has 1 N–H and O–H groups in total. The zero-order chi connectivity index (χ0) is 7.49. The fourth-order valence-electron chi connectivity index (χ4n) is 0.209. The smallest absolute Gasteiger partial charge is 0.209 e. The van der Waals surface area contributed by atoms with Crippen LogP contribution in [0.3, 0.4) is 0 Å². The maximum atomic E-state index is 10.4. The topological polar surface area (TPSA) is 46.2 Å². The van der Waals surface area contributed by atoms with E-state index in [1.807, 2.05) is 0 Å².